The number of nitrogens with zero attached hydrogens (tertiary/aromatic N) is 3. The maximum absolute atomic E-state index is 4.49. The zero-order valence-corrected chi connectivity index (χ0v) is 10.8. The summed E-state index contributed by atoms with van der Waals surface area (Å²) in [5.41, 5.74) is 0.404. The molecule has 0 fully saturated rings. The zero-order chi connectivity index (χ0) is 11.7. The number of hydrogen-bond donors (Lipinski definition) is 0. The third-order valence-corrected chi connectivity index (χ3v) is 2.30. The minimum Gasteiger partial charge on any atom is -0.253 e. The minimum atomic E-state index is 0.0486. The number of aryl methyl sites for hydroxylation is 1. The Kier molecular flexibility index (Phi) is 3.22. The fourth-order valence-electron chi connectivity index (χ4n) is 1.20. The molecule has 0 saturated carbocycles. The molecule has 0 aromatic carbocycles. The molecule has 0 radical (unpaired) electrons. The van der Waals surface area contributed by atoms with Gasteiger partial charge in [-0.1, -0.05) is 41.5 Å². The molecule has 0 spiro atoms. The molecule has 1 aromatic heterocycles. The summed E-state index contributed by atoms with van der Waals surface area (Å²) in [4.78, 5) is 4.34. The summed E-state index contributed by atoms with van der Waals surface area (Å²) >= 11 is 0. The van der Waals surface area contributed by atoms with Crippen molar-refractivity contribution < 1.29 is 0 Å². The van der Waals surface area contributed by atoms with Crippen LogP contribution in [0.25, 0.3) is 0 Å². The van der Waals surface area contributed by atoms with Crippen LogP contribution >= 0.6 is 0 Å². The Labute approximate surface area is 92.9 Å². The van der Waals surface area contributed by atoms with Crippen LogP contribution in [0.1, 0.15) is 53.8 Å². The van der Waals surface area contributed by atoms with Crippen molar-refractivity contribution in [3.05, 3.63) is 12.2 Å². The summed E-state index contributed by atoms with van der Waals surface area (Å²) in [6.45, 7) is 14.1. The largest absolute Gasteiger partial charge is 0.253 e. The van der Waals surface area contributed by atoms with Gasteiger partial charge in [0.25, 0.3) is 0 Å². The van der Waals surface area contributed by atoms with Gasteiger partial charge in [-0.25, -0.2) is 4.98 Å². The van der Waals surface area contributed by atoms with Gasteiger partial charge >= 0.3 is 0 Å². The topological polar surface area (TPSA) is 30.7 Å². The van der Waals surface area contributed by atoms with Crippen molar-refractivity contribution in [1.29, 1.82) is 0 Å². The van der Waals surface area contributed by atoms with Gasteiger partial charge in [-0.05, 0) is 11.8 Å². The molecule has 3 heteroatoms. The molecular formula is C12H23N3. The highest BCUT2D eigenvalue weighted by Gasteiger charge is 2.19. The van der Waals surface area contributed by atoms with Crippen LogP contribution in [-0.4, -0.2) is 14.8 Å². The molecule has 3 nitrogen and oxygen atoms in total. The Balaban J connectivity index is 2.62. The molecule has 0 amide bonds. The SMILES string of the molecule is CC(C)(C)CCn1cnc(C(C)(C)C)n1. The third-order valence-electron chi connectivity index (χ3n) is 2.30. The number of hydrogen-bond acceptors (Lipinski definition) is 2. The van der Waals surface area contributed by atoms with E-state index in [2.05, 4.69) is 51.6 Å². The lowest BCUT2D eigenvalue weighted by Crippen LogP contribution is -2.15. The highest BCUT2D eigenvalue weighted by molar-refractivity contribution is 4.98. The second kappa shape index (κ2) is 3.95. The van der Waals surface area contributed by atoms with E-state index in [1.165, 1.54) is 0 Å². The molecule has 15 heavy (non-hydrogen) atoms. The summed E-state index contributed by atoms with van der Waals surface area (Å²) in [6.07, 6.45) is 2.96. The van der Waals surface area contributed by atoms with Gasteiger partial charge in [-0.3, -0.25) is 4.68 Å². The fourth-order valence-corrected chi connectivity index (χ4v) is 1.20. The summed E-state index contributed by atoms with van der Waals surface area (Å²) in [6, 6.07) is 0. The fraction of sp³-hybridized carbons (Fsp3) is 0.833. The predicted molar refractivity (Wildman–Crippen MR) is 62.8 cm³/mol. The van der Waals surface area contributed by atoms with E-state index < -0.39 is 0 Å². The van der Waals surface area contributed by atoms with Crippen LogP contribution in [0.3, 0.4) is 0 Å². The zero-order valence-electron chi connectivity index (χ0n) is 10.8. The number of aromatic nitrogens is 3. The van der Waals surface area contributed by atoms with Crippen molar-refractivity contribution in [2.75, 3.05) is 0 Å². The van der Waals surface area contributed by atoms with Gasteiger partial charge in [0.2, 0.25) is 0 Å². The van der Waals surface area contributed by atoms with E-state index in [9.17, 15) is 0 Å². The van der Waals surface area contributed by atoms with Crippen LogP contribution in [0.4, 0.5) is 0 Å². The average Bonchev–Trinajstić information content (AvgIpc) is 2.45. The van der Waals surface area contributed by atoms with Gasteiger partial charge in [0.15, 0.2) is 5.82 Å². The smallest absolute Gasteiger partial charge is 0.155 e. The summed E-state index contributed by atoms with van der Waals surface area (Å²) in [5.74, 6) is 0.927. The second-order valence-electron chi connectivity index (χ2n) is 6.39. The quantitative estimate of drug-likeness (QED) is 0.749. The lowest BCUT2D eigenvalue weighted by atomic mass is 9.92. The third kappa shape index (κ3) is 4.02. The molecule has 0 aliphatic rings. The first-order valence-electron chi connectivity index (χ1n) is 5.58. The lowest BCUT2D eigenvalue weighted by Gasteiger charge is -2.17. The monoisotopic (exact) mass is 209 g/mol. The highest BCUT2D eigenvalue weighted by atomic mass is 15.3. The maximum atomic E-state index is 4.49. The Bertz CT molecular complexity index is 312. The molecule has 0 unspecified atom stereocenters. The first kappa shape index (κ1) is 12.2. The van der Waals surface area contributed by atoms with E-state index in [-0.39, 0.29) is 5.41 Å². The Morgan fingerprint density at radius 2 is 1.73 bits per heavy atom. The minimum absolute atomic E-state index is 0.0486. The lowest BCUT2D eigenvalue weighted by molar-refractivity contribution is 0.339. The molecule has 0 aliphatic heterocycles. The first-order chi connectivity index (χ1) is 6.68. The van der Waals surface area contributed by atoms with Crippen LogP contribution in [0.2, 0.25) is 0 Å². The van der Waals surface area contributed by atoms with Crippen molar-refractivity contribution in [2.24, 2.45) is 5.41 Å². The summed E-state index contributed by atoms with van der Waals surface area (Å²) in [7, 11) is 0. The molecule has 86 valence electrons. The van der Waals surface area contributed by atoms with E-state index in [4.69, 9.17) is 0 Å². The molecule has 0 aliphatic carbocycles. The van der Waals surface area contributed by atoms with Crippen molar-refractivity contribution in [3.63, 3.8) is 0 Å². The first-order valence-corrected chi connectivity index (χ1v) is 5.58. The van der Waals surface area contributed by atoms with Gasteiger partial charge < -0.3 is 0 Å². The Morgan fingerprint density at radius 3 is 2.13 bits per heavy atom. The van der Waals surface area contributed by atoms with Crippen LogP contribution in [0.15, 0.2) is 6.33 Å². The molecule has 1 rings (SSSR count). The van der Waals surface area contributed by atoms with Crippen LogP contribution < -0.4 is 0 Å². The molecule has 1 aromatic rings. The molecule has 0 N–H and O–H groups in total. The predicted octanol–water partition coefficient (Wildman–Crippen LogP) is 3.01. The highest BCUT2D eigenvalue weighted by Crippen LogP contribution is 2.20. The van der Waals surface area contributed by atoms with E-state index in [1.54, 1.807) is 0 Å². The van der Waals surface area contributed by atoms with E-state index >= 15 is 0 Å². The summed E-state index contributed by atoms with van der Waals surface area (Å²) in [5, 5.41) is 4.49. The van der Waals surface area contributed by atoms with Crippen molar-refractivity contribution in [3.8, 4) is 0 Å². The van der Waals surface area contributed by atoms with Crippen LogP contribution in [0, 0.1) is 5.41 Å². The van der Waals surface area contributed by atoms with Gasteiger partial charge in [0.05, 0.1) is 0 Å². The molecule has 0 bridgehead atoms. The number of rotatable bonds is 2. The molecule has 0 atom stereocenters. The van der Waals surface area contributed by atoms with Crippen molar-refractivity contribution >= 4 is 0 Å². The van der Waals surface area contributed by atoms with E-state index in [0.717, 1.165) is 18.8 Å². The average molecular weight is 209 g/mol. The van der Waals surface area contributed by atoms with E-state index in [0.29, 0.717) is 5.41 Å². The molecule has 0 saturated heterocycles. The molecular weight excluding hydrogens is 186 g/mol. The van der Waals surface area contributed by atoms with Crippen molar-refractivity contribution in [1.82, 2.24) is 14.8 Å². The maximum Gasteiger partial charge on any atom is 0.155 e. The van der Waals surface area contributed by atoms with Gasteiger partial charge in [0.1, 0.15) is 6.33 Å². The van der Waals surface area contributed by atoms with Gasteiger partial charge in [0, 0.05) is 12.0 Å². The standard InChI is InChI=1S/C12H23N3/c1-11(2,3)7-8-15-9-13-10(14-15)12(4,5)6/h9H,7-8H2,1-6H3. The molecule has 1 heterocycles. The Morgan fingerprint density at radius 1 is 1.13 bits per heavy atom. The van der Waals surface area contributed by atoms with Crippen LogP contribution in [0.5, 0.6) is 0 Å². The normalized spacial score (nSPS) is 13.2. The van der Waals surface area contributed by atoms with Gasteiger partial charge in [-0.2, -0.15) is 5.10 Å². The van der Waals surface area contributed by atoms with Crippen molar-refractivity contribution in [2.45, 2.75) is 59.9 Å². The van der Waals surface area contributed by atoms with Gasteiger partial charge in [-0.15, -0.1) is 0 Å². The van der Waals surface area contributed by atoms with Crippen LogP contribution in [-0.2, 0) is 12.0 Å². The van der Waals surface area contributed by atoms with E-state index in [1.807, 2.05) is 11.0 Å². The Hall–Kier alpha value is -0.860. The summed E-state index contributed by atoms with van der Waals surface area (Å²) < 4.78 is 1.95. The second-order valence-corrected chi connectivity index (χ2v) is 6.39.